The molecule has 1 aromatic carbocycles. The summed E-state index contributed by atoms with van der Waals surface area (Å²) in [6.45, 7) is -0.573. The fraction of sp³-hybridized carbons (Fsp3) is 0.375. The van der Waals surface area contributed by atoms with Crippen molar-refractivity contribution in [1.82, 2.24) is 4.90 Å². The van der Waals surface area contributed by atoms with Crippen molar-refractivity contribution in [2.75, 3.05) is 6.54 Å². The zero-order valence-electron chi connectivity index (χ0n) is 13.5. The van der Waals surface area contributed by atoms with Gasteiger partial charge in [0.2, 0.25) is 11.8 Å². The predicted octanol–water partition coefficient (Wildman–Crippen LogP) is -0.812. The van der Waals surface area contributed by atoms with E-state index in [9.17, 15) is 24.3 Å². The van der Waals surface area contributed by atoms with Gasteiger partial charge in [-0.2, -0.15) is 0 Å². The van der Waals surface area contributed by atoms with Crippen LogP contribution in [0.25, 0.3) is 0 Å². The minimum absolute atomic E-state index is 0.112. The summed E-state index contributed by atoms with van der Waals surface area (Å²) in [7, 11) is 0. The van der Waals surface area contributed by atoms with E-state index in [2.05, 4.69) is 0 Å². The van der Waals surface area contributed by atoms with Crippen molar-refractivity contribution >= 4 is 23.8 Å². The Kier molecular flexibility index (Phi) is 7.70. The fourth-order valence-electron chi connectivity index (χ4n) is 2.26. The van der Waals surface area contributed by atoms with Gasteiger partial charge in [-0.3, -0.25) is 19.3 Å². The molecular formula is C16H21N3O6. The third-order valence-corrected chi connectivity index (χ3v) is 3.54. The fourth-order valence-corrected chi connectivity index (χ4v) is 2.26. The molecule has 0 aromatic heterocycles. The Balaban J connectivity index is 3.07. The molecule has 9 heteroatoms. The van der Waals surface area contributed by atoms with E-state index in [1.165, 1.54) is 0 Å². The number of imide groups is 1. The number of carbonyl (C=O) groups excluding carboxylic acids is 2. The number of carbonyl (C=O) groups is 4. The zero-order chi connectivity index (χ0) is 19.0. The van der Waals surface area contributed by atoms with Crippen LogP contribution < -0.4 is 11.5 Å². The monoisotopic (exact) mass is 351 g/mol. The number of hydrogen-bond acceptors (Lipinski definition) is 6. The summed E-state index contributed by atoms with van der Waals surface area (Å²) in [5.74, 6) is -4.39. The molecule has 2 atom stereocenters. The Hall–Kier alpha value is -2.78. The number of aliphatic carboxylic acids is 2. The van der Waals surface area contributed by atoms with Crippen LogP contribution in [0.15, 0.2) is 30.3 Å². The van der Waals surface area contributed by atoms with E-state index in [0.29, 0.717) is 10.5 Å². The number of amides is 2. The lowest BCUT2D eigenvalue weighted by molar-refractivity contribution is -0.158. The van der Waals surface area contributed by atoms with Gasteiger partial charge in [0.1, 0.15) is 6.04 Å². The van der Waals surface area contributed by atoms with Crippen molar-refractivity contribution in [3.8, 4) is 0 Å². The Morgan fingerprint density at radius 2 is 1.68 bits per heavy atom. The van der Waals surface area contributed by atoms with Gasteiger partial charge < -0.3 is 21.7 Å². The minimum Gasteiger partial charge on any atom is -0.481 e. The largest absolute Gasteiger partial charge is 0.481 e. The maximum Gasteiger partial charge on any atom is 0.327 e. The predicted molar refractivity (Wildman–Crippen MR) is 87.3 cm³/mol. The van der Waals surface area contributed by atoms with Gasteiger partial charge in [-0.05, 0) is 12.0 Å². The van der Waals surface area contributed by atoms with Crippen LogP contribution >= 0.6 is 0 Å². The second-order valence-electron chi connectivity index (χ2n) is 5.39. The second kappa shape index (κ2) is 9.50. The highest BCUT2D eigenvalue weighted by atomic mass is 16.4. The quantitative estimate of drug-likeness (QED) is 0.448. The number of nitrogens with two attached hydrogens (primary N) is 2. The Morgan fingerprint density at radius 3 is 2.16 bits per heavy atom. The van der Waals surface area contributed by atoms with Gasteiger partial charge in [-0.15, -0.1) is 0 Å². The van der Waals surface area contributed by atoms with Gasteiger partial charge in [0.15, 0.2) is 0 Å². The maximum atomic E-state index is 12.5. The van der Waals surface area contributed by atoms with Gasteiger partial charge in [-0.1, -0.05) is 30.3 Å². The molecule has 2 unspecified atom stereocenters. The maximum absolute atomic E-state index is 12.5. The summed E-state index contributed by atoms with van der Waals surface area (Å²) in [5.41, 5.74) is 11.6. The number of benzene rings is 1. The zero-order valence-corrected chi connectivity index (χ0v) is 13.5. The molecule has 0 bridgehead atoms. The summed E-state index contributed by atoms with van der Waals surface area (Å²) >= 11 is 0. The summed E-state index contributed by atoms with van der Waals surface area (Å²) in [6, 6.07) is 5.67. The molecule has 0 fully saturated rings. The molecule has 0 heterocycles. The van der Waals surface area contributed by atoms with E-state index in [-0.39, 0.29) is 19.3 Å². The number of nitrogens with zero attached hydrogens (tertiary/aromatic N) is 1. The first kappa shape index (κ1) is 20.3. The van der Waals surface area contributed by atoms with Crippen LogP contribution in [0.5, 0.6) is 0 Å². The van der Waals surface area contributed by atoms with Crippen molar-refractivity contribution < 1.29 is 29.4 Å². The van der Waals surface area contributed by atoms with Crippen LogP contribution in [0.3, 0.4) is 0 Å². The first-order chi connectivity index (χ1) is 11.8. The second-order valence-corrected chi connectivity index (χ2v) is 5.39. The first-order valence-electron chi connectivity index (χ1n) is 7.58. The van der Waals surface area contributed by atoms with Crippen LogP contribution in [0, 0.1) is 0 Å². The molecule has 9 nitrogen and oxygen atoms in total. The normalized spacial score (nSPS) is 12.9. The molecule has 0 saturated heterocycles. The van der Waals surface area contributed by atoms with Gasteiger partial charge in [0.05, 0.1) is 12.6 Å². The average Bonchev–Trinajstić information content (AvgIpc) is 2.59. The van der Waals surface area contributed by atoms with Gasteiger partial charge >= 0.3 is 11.9 Å². The van der Waals surface area contributed by atoms with Gasteiger partial charge in [0.25, 0.3) is 0 Å². The summed E-state index contributed by atoms with van der Waals surface area (Å²) in [6.07, 6.45) is -0.715. The van der Waals surface area contributed by atoms with Crippen LogP contribution in [0.2, 0.25) is 0 Å². The van der Waals surface area contributed by atoms with Crippen molar-refractivity contribution in [3.05, 3.63) is 35.9 Å². The standard InChI is InChI=1S/C16H21N3O6/c17-9-13(20)19(15(23)11(18)6-7-14(21)22)12(16(24)25)8-10-4-2-1-3-5-10/h1-5,11-12H,6-9,17-18H2,(H,21,22)(H,24,25). The summed E-state index contributed by atoms with van der Waals surface area (Å²) < 4.78 is 0. The number of carboxylic acid groups (broad SMARTS) is 2. The third-order valence-electron chi connectivity index (χ3n) is 3.54. The number of carboxylic acids is 2. The molecule has 1 rings (SSSR count). The van der Waals surface area contributed by atoms with E-state index in [4.69, 9.17) is 16.6 Å². The molecule has 136 valence electrons. The third kappa shape index (κ3) is 5.98. The number of rotatable bonds is 9. The summed E-state index contributed by atoms with van der Waals surface area (Å²) in [5, 5.41) is 18.1. The molecular weight excluding hydrogens is 330 g/mol. The first-order valence-corrected chi connectivity index (χ1v) is 7.58. The molecule has 0 aliphatic heterocycles. The summed E-state index contributed by atoms with van der Waals surface area (Å²) in [4.78, 5) is 47.3. The van der Waals surface area contributed by atoms with Crippen molar-refractivity contribution in [1.29, 1.82) is 0 Å². The van der Waals surface area contributed by atoms with E-state index < -0.39 is 42.4 Å². The van der Waals surface area contributed by atoms with Crippen molar-refractivity contribution in [3.63, 3.8) is 0 Å². The SMILES string of the molecule is NCC(=O)N(C(=O)C(N)CCC(=O)O)C(Cc1ccccc1)C(=O)O. The van der Waals surface area contributed by atoms with E-state index >= 15 is 0 Å². The topological polar surface area (TPSA) is 164 Å². The molecule has 0 saturated carbocycles. The van der Waals surface area contributed by atoms with Crippen molar-refractivity contribution in [2.24, 2.45) is 11.5 Å². The van der Waals surface area contributed by atoms with E-state index in [0.717, 1.165) is 0 Å². The van der Waals surface area contributed by atoms with Crippen LogP contribution in [0.4, 0.5) is 0 Å². The Bertz CT molecular complexity index is 634. The van der Waals surface area contributed by atoms with Crippen LogP contribution in [-0.4, -0.2) is 57.5 Å². The minimum atomic E-state index is -1.48. The lowest BCUT2D eigenvalue weighted by atomic mass is 10.0. The van der Waals surface area contributed by atoms with Crippen molar-refractivity contribution in [2.45, 2.75) is 31.3 Å². The Labute approximate surface area is 144 Å². The lowest BCUT2D eigenvalue weighted by Gasteiger charge is -2.29. The lowest BCUT2D eigenvalue weighted by Crippen LogP contribution is -2.56. The van der Waals surface area contributed by atoms with Gasteiger partial charge in [-0.25, -0.2) is 4.79 Å². The highest BCUT2D eigenvalue weighted by molar-refractivity contribution is 6.02. The molecule has 6 N–H and O–H groups in total. The average molecular weight is 351 g/mol. The highest BCUT2D eigenvalue weighted by Crippen LogP contribution is 2.13. The molecule has 0 aliphatic carbocycles. The van der Waals surface area contributed by atoms with Crippen LogP contribution in [0.1, 0.15) is 18.4 Å². The highest BCUT2D eigenvalue weighted by Gasteiger charge is 2.36. The number of hydrogen-bond donors (Lipinski definition) is 4. The van der Waals surface area contributed by atoms with E-state index in [1.807, 2.05) is 0 Å². The smallest absolute Gasteiger partial charge is 0.327 e. The molecule has 25 heavy (non-hydrogen) atoms. The molecule has 0 aliphatic rings. The Morgan fingerprint density at radius 1 is 1.08 bits per heavy atom. The molecule has 0 spiro atoms. The van der Waals surface area contributed by atoms with Gasteiger partial charge in [0, 0.05) is 12.8 Å². The molecule has 2 amide bonds. The molecule has 0 radical (unpaired) electrons. The van der Waals surface area contributed by atoms with Crippen LogP contribution in [-0.2, 0) is 25.6 Å². The van der Waals surface area contributed by atoms with E-state index in [1.54, 1.807) is 30.3 Å². The molecule has 1 aromatic rings.